The second-order valence-electron chi connectivity index (χ2n) is 2.61. The molecule has 0 atom stereocenters. The van der Waals surface area contributed by atoms with E-state index in [9.17, 15) is 4.79 Å². The van der Waals surface area contributed by atoms with Crippen LogP contribution in [0.2, 0.25) is 0 Å². The lowest BCUT2D eigenvalue weighted by Crippen LogP contribution is -2.06. The molecule has 1 N–H and O–H groups in total. The first-order chi connectivity index (χ1) is 6.19. The van der Waals surface area contributed by atoms with Crippen LogP contribution in [0.3, 0.4) is 0 Å². The molecule has 0 radical (unpaired) electrons. The van der Waals surface area contributed by atoms with E-state index in [1.807, 2.05) is 6.92 Å². The van der Waals surface area contributed by atoms with Gasteiger partial charge in [-0.3, -0.25) is 4.98 Å². The van der Waals surface area contributed by atoms with Crippen molar-refractivity contribution in [1.82, 2.24) is 4.98 Å². The normalized spacial score (nSPS) is 9.46. The monoisotopic (exact) mass is 180 g/mol. The predicted octanol–water partition coefficient (Wildman–Crippen LogP) is 1.22. The number of aryl methyl sites for hydroxylation is 1. The third-order valence-electron chi connectivity index (χ3n) is 1.72. The summed E-state index contributed by atoms with van der Waals surface area (Å²) in [6, 6.07) is 1.80. The van der Waals surface area contributed by atoms with Crippen molar-refractivity contribution in [2.75, 3.05) is 19.5 Å². The summed E-state index contributed by atoms with van der Waals surface area (Å²) < 4.78 is 4.60. The van der Waals surface area contributed by atoms with Crippen LogP contribution < -0.4 is 5.32 Å². The lowest BCUT2D eigenvalue weighted by molar-refractivity contribution is 0.0601. The molecular formula is C9H12N2O2. The van der Waals surface area contributed by atoms with Crippen LogP contribution in [0.15, 0.2) is 12.3 Å². The average Bonchev–Trinajstić information content (AvgIpc) is 2.16. The van der Waals surface area contributed by atoms with Crippen LogP contribution >= 0.6 is 0 Å². The molecule has 0 spiro atoms. The Bertz CT molecular complexity index is 323. The number of anilines is 1. The van der Waals surface area contributed by atoms with Gasteiger partial charge >= 0.3 is 5.97 Å². The molecule has 0 saturated carbocycles. The summed E-state index contributed by atoms with van der Waals surface area (Å²) >= 11 is 0. The number of carbonyl (C=O) groups excluding carboxylic acids is 1. The Hall–Kier alpha value is -1.58. The first kappa shape index (κ1) is 9.51. The van der Waals surface area contributed by atoms with Crippen molar-refractivity contribution in [2.45, 2.75) is 6.92 Å². The lowest BCUT2D eigenvalue weighted by atomic mass is 10.2. The Labute approximate surface area is 76.9 Å². The molecule has 1 rings (SSSR count). The highest BCUT2D eigenvalue weighted by atomic mass is 16.5. The Morgan fingerprint density at radius 2 is 2.31 bits per heavy atom. The zero-order valence-electron chi connectivity index (χ0n) is 7.92. The van der Waals surface area contributed by atoms with Crippen LogP contribution in [0.5, 0.6) is 0 Å². The van der Waals surface area contributed by atoms with Crippen molar-refractivity contribution in [3.8, 4) is 0 Å². The number of carbonyl (C=O) groups is 1. The largest absolute Gasteiger partial charge is 0.465 e. The maximum absolute atomic E-state index is 11.2. The number of methoxy groups -OCH3 is 1. The fourth-order valence-corrected chi connectivity index (χ4v) is 1.04. The molecule has 0 unspecified atom stereocenters. The van der Waals surface area contributed by atoms with Crippen molar-refractivity contribution >= 4 is 11.7 Å². The van der Waals surface area contributed by atoms with E-state index in [1.54, 1.807) is 13.1 Å². The van der Waals surface area contributed by atoms with Gasteiger partial charge < -0.3 is 10.1 Å². The predicted molar refractivity (Wildman–Crippen MR) is 49.9 cm³/mol. The molecule has 13 heavy (non-hydrogen) atoms. The molecule has 1 heterocycles. The minimum Gasteiger partial charge on any atom is -0.465 e. The number of nitrogens with zero attached hydrogens (tertiary/aromatic N) is 1. The van der Waals surface area contributed by atoms with E-state index in [-0.39, 0.29) is 5.97 Å². The highest BCUT2D eigenvalue weighted by Gasteiger charge is 2.10. The number of hydrogen-bond acceptors (Lipinski definition) is 4. The van der Waals surface area contributed by atoms with E-state index < -0.39 is 0 Å². The second kappa shape index (κ2) is 3.89. The molecule has 70 valence electrons. The SMILES string of the molecule is CNc1cc(C)ncc1C(=O)OC. The van der Waals surface area contributed by atoms with Gasteiger partial charge in [-0.2, -0.15) is 0 Å². The minimum absolute atomic E-state index is 0.378. The summed E-state index contributed by atoms with van der Waals surface area (Å²) in [7, 11) is 3.10. The first-order valence-electron chi connectivity index (χ1n) is 3.91. The number of nitrogens with one attached hydrogen (secondary N) is 1. The Kier molecular flexibility index (Phi) is 2.84. The lowest BCUT2D eigenvalue weighted by Gasteiger charge is -2.06. The van der Waals surface area contributed by atoms with Crippen molar-refractivity contribution in [3.63, 3.8) is 0 Å². The average molecular weight is 180 g/mol. The van der Waals surface area contributed by atoms with Gasteiger partial charge in [0.05, 0.1) is 12.8 Å². The molecule has 4 heteroatoms. The van der Waals surface area contributed by atoms with Crippen LogP contribution in [0.1, 0.15) is 16.1 Å². The molecule has 0 aliphatic carbocycles. The molecule has 0 fully saturated rings. The molecule has 0 amide bonds. The van der Waals surface area contributed by atoms with Crippen molar-refractivity contribution in [3.05, 3.63) is 23.5 Å². The van der Waals surface area contributed by atoms with E-state index in [1.165, 1.54) is 13.3 Å². The summed E-state index contributed by atoms with van der Waals surface area (Å²) in [6.45, 7) is 1.86. The minimum atomic E-state index is -0.378. The van der Waals surface area contributed by atoms with Gasteiger partial charge in [-0.1, -0.05) is 0 Å². The zero-order valence-corrected chi connectivity index (χ0v) is 7.92. The van der Waals surface area contributed by atoms with Crippen LogP contribution in [-0.2, 0) is 4.74 Å². The Morgan fingerprint density at radius 1 is 1.62 bits per heavy atom. The summed E-state index contributed by atoms with van der Waals surface area (Å²) in [5, 5.41) is 2.91. The third-order valence-corrected chi connectivity index (χ3v) is 1.72. The summed E-state index contributed by atoms with van der Waals surface area (Å²) in [6.07, 6.45) is 1.51. The highest BCUT2D eigenvalue weighted by molar-refractivity contribution is 5.95. The number of ether oxygens (including phenoxy) is 1. The van der Waals surface area contributed by atoms with Gasteiger partial charge in [-0.05, 0) is 13.0 Å². The molecule has 1 aromatic rings. The maximum Gasteiger partial charge on any atom is 0.341 e. The fraction of sp³-hybridized carbons (Fsp3) is 0.333. The van der Waals surface area contributed by atoms with E-state index in [0.717, 1.165) is 11.4 Å². The van der Waals surface area contributed by atoms with Crippen molar-refractivity contribution in [1.29, 1.82) is 0 Å². The number of pyridine rings is 1. The van der Waals surface area contributed by atoms with E-state index in [4.69, 9.17) is 0 Å². The molecule has 4 nitrogen and oxygen atoms in total. The molecule has 1 aromatic heterocycles. The van der Waals surface area contributed by atoms with Crippen molar-refractivity contribution < 1.29 is 9.53 Å². The standard InChI is InChI=1S/C9H12N2O2/c1-6-4-8(10-2)7(5-11-6)9(12)13-3/h4-5H,1-3H3,(H,10,11). The van der Waals surface area contributed by atoms with Crippen molar-refractivity contribution in [2.24, 2.45) is 0 Å². The van der Waals surface area contributed by atoms with E-state index >= 15 is 0 Å². The fourth-order valence-electron chi connectivity index (χ4n) is 1.04. The highest BCUT2D eigenvalue weighted by Crippen LogP contribution is 2.15. The van der Waals surface area contributed by atoms with E-state index in [0.29, 0.717) is 5.56 Å². The van der Waals surface area contributed by atoms with Crippen LogP contribution in [0, 0.1) is 6.92 Å². The smallest absolute Gasteiger partial charge is 0.341 e. The van der Waals surface area contributed by atoms with Gasteiger partial charge in [0.1, 0.15) is 5.56 Å². The van der Waals surface area contributed by atoms with Gasteiger partial charge in [0, 0.05) is 18.9 Å². The van der Waals surface area contributed by atoms with Crippen LogP contribution in [0.25, 0.3) is 0 Å². The number of hydrogen-bond donors (Lipinski definition) is 1. The van der Waals surface area contributed by atoms with Gasteiger partial charge in [0.25, 0.3) is 0 Å². The Morgan fingerprint density at radius 3 is 2.85 bits per heavy atom. The van der Waals surface area contributed by atoms with Gasteiger partial charge in [0.2, 0.25) is 0 Å². The molecule has 0 aliphatic rings. The molecule has 0 bridgehead atoms. The third kappa shape index (κ3) is 1.96. The van der Waals surface area contributed by atoms with E-state index in [2.05, 4.69) is 15.0 Å². The number of rotatable bonds is 2. The molecular weight excluding hydrogens is 168 g/mol. The summed E-state index contributed by atoms with van der Waals surface area (Å²) in [5.41, 5.74) is 2.05. The molecule has 0 saturated heterocycles. The van der Waals surface area contributed by atoms with Gasteiger partial charge in [0.15, 0.2) is 0 Å². The maximum atomic E-state index is 11.2. The molecule has 0 aliphatic heterocycles. The topological polar surface area (TPSA) is 51.2 Å². The van der Waals surface area contributed by atoms with Crippen LogP contribution in [-0.4, -0.2) is 25.1 Å². The zero-order chi connectivity index (χ0) is 9.84. The number of esters is 1. The number of aromatic nitrogens is 1. The Balaban J connectivity index is 3.13. The van der Waals surface area contributed by atoms with Crippen LogP contribution in [0.4, 0.5) is 5.69 Å². The summed E-state index contributed by atoms with van der Waals surface area (Å²) in [5.74, 6) is -0.378. The van der Waals surface area contributed by atoms with Gasteiger partial charge in [-0.25, -0.2) is 4.79 Å². The van der Waals surface area contributed by atoms with Gasteiger partial charge in [-0.15, -0.1) is 0 Å². The molecule has 0 aromatic carbocycles. The quantitative estimate of drug-likeness (QED) is 0.695. The summed E-state index contributed by atoms with van der Waals surface area (Å²) in [4.78, 5) is 15.2. The first-order valence-corrected chi connectivity index (χ1v) is 3.91. The second-order valence-corrected chi connectivity index (χ2v) is 2.61.